The van der Waals surface area contributed by atoms with Crippen LogP contribution >= 0.6 is 0 Å². The molecule has 8 heteroatoms. The van der Waals surface area contributed by atoms with E-state index in [1.54, 1.807) is 4.68 Å². The molecule has 132 valence electrons. The normalized spacial score (nSPS) is 18.5. The average Bonchev–Trinajstić information content (AvgIpc) is 3.19. The maximum Gasteiger partial charge on any atom is 0.320 e. The Balaban J connectivity index is 1.41. The van der Waals surface area contributed by atoms with E-state index in [2.05, 4.69) is 20.4 Å². The van der Waals surface area contributed by atoms with Crippen molar-refractivity contribution in [2.75, 3.05) is 44.2 Å². The highest BCUT2D eigenvalue weighted by Gasteiger charge is 2.28. The standard InChI is InChI=1S/C17H23N7O/c25-17(22-9-5-2-6-10-22)23-13-11-21(12-14-23)16-18-19-20-24(16)15-7-3-1-4-8-15/h1,3-4,7-8H,2,5-6,9-14H2. The molecule has 0 N–H and O–H groups in total. The number of para-hydroxylation sites is 1. The zero-order chi connectivity index (χ0) is 17.1. The first-order chi connectivity index (χ1) is 12.3. The van der Waals surface area contributed by atoms with Crippen LogP contribution in [-0.2, 0) is 0 Å². The predicted molar refractivity (Wildman–Crippen MR) is 93.8 cm³/mol. The lowest BCUT2D eigenvalue weighted by Gasteiger charge is -2.38. The summed E-state index contributed by atoms with van der Waals surface area (Å²) in [5, 5.41) is 12.1. The number of hydrogen-bond donors (Lipinski definition) is 0. The Kier molecular flexibility index (Phi) is 4.49. The maximum atomic E-state index is 12.6. The summed E-state index contributed by atoms with van der Waals surface area (Å²) in [5.41, 5.74) is 0.939. The van der Waals surface area contributed by atoms with Crippen LogP contribution in [0, 0.1) is 0 Å². The number of nitrogens with zero attached hydrogens (tertiary/aromatic N) is 7. The summed E-state index contributed by atoms with van der Waals surface area (Å²) in [4.78, 5) is 18.7. The lowest BCUT2D eigenvalue weighted by molar-refractivity contribution is 0.140. The largest absolute Gasteiger partial charge is 0.336 e. The molecule has 2 aliphatic rings. The molecule has 0 atom stereocenters. The Hall–Kier alpha value is -2.64. The second-order valence-electron chi connectivity index (χ2n) is 6.53. The van der Waals surface area contributed by atoms with Gasteiger partial charge in [-0.3, -0.25) is 0 Å². The molecule has 0 aliphatic carbocycles. The quantitative estimate of drug-likeness (QED) is 0.825. The predicted octanol–water partition coefficient (Wildman–Crippen LogP) is 1.39. The Bertz CT molecular complexity index is 703. The summed E-state index contributed by atoms with van der Waals surface area (Å²) < 4.78 is 1.75. The van der Waals surface area contributed by atoms with Crippen molar-refractivity contribution < 1.29 is 4.79 Å². The van der Waals surface area contributed by atoms with E-state index in [-0.39, 0.29) is 6.03 Å². The van der Waals surface area contributed by atoms with Crippen molar-refractivity contribution in [1.82, 2.24) is 30.0 Å². The lowest BCUT2D eigenvalue weighted by atomic mass is 10.1. The number of carbonyl (C=O) groups excluding carboxylic acids is 1. The minimum absolute atomic E-state index is 0.182. The third kappa shape index (κ3) is 3.29. The molecule has 0 radical (unpaired) electrons. The van der Waals surface area contributed by atoms with Crippen LogP contribution in [0.25, 0.3) is 5.69 Å². The molecule has 2 aliphatic heterocycles. The minimum Gasteiger partial charge on any atom is -0.336 e. The monoisotopic (exact) mass is 341 g/mol. The Morgan fingerprint density at radius 2 is 1.52 bits per heavy atom. The fourth-order valence-electron chi connectivity index (χ4n) is 3.50. The van der Waals surface area contributed by atoms with E-state index in [1.807, 2.05) is 40.1 Å². The van der Waals surface area contributed by atoms with Crippen molar-refractivity contribution in [2.45, 2.75) is 19.3 Å². The van der Waals surface area contributed by atoms with Crippen molar-refractivity contribution in [3.8, 4) is 5.69 Å². The molecule has 1 aromatic carbocycles. The summed E-state index contributed by atoms with van der Waals surface area (Å²) in [6.07, 6.45) is 3.48. The van der Waals surface area contributed by atoms with Gasteiger partial charge in [-0.05, 0) is 41.8 Å². The number of piperidine rings is 1. The van der Waals surface area contributed by atoms with Gasteiger partial charge >= 0.3 is 6.03 Å². The molecule has 8 nitrogen and oxygen atoms in total. The number of aromatic nitrogens is 4. The van der Waals surface area contributed by atoms with Crippen LogP contribution in [0.3, 0.4) is 0 Å². The van der Waals surface area contributed by atoms with E-state index >= 15 is 0 Å². The van der Waals surface area contributed by atoms with Crippen LogP contribution in [0.1, 0.15) is 19.3 Å². The number of hydrogen-bond acceptors (Lipinski definition) is 5. The number of rotatable bonds is 2. The van der Waals surface area contributed by atoms with E-state index in [0.717, 1.165) is 50.7 Å². The van der Waals surface area contributed by atoms with E-state index in [0.29, 0.717) is 13.1 Å². The molecule has 25 heavy (non-hydrogen) atoms. The zero-order valence-corrected chi connectivity index (χ0v) is 14.3. The molecule has 0 spiro atoms. The molecule has 0 bridgehead atoms. The molecule has 2 saturated heterocycles. The van der Waals surface area contributed by atoms with Crippen LogP contribution in [0.15, 0.2) is 30.3 Å². The van der Waals surface area contributed by atoms with Crippen molar-refractivity contribution in [1.29, 1.82) is 0 Å². The molecule has 0 saturated carbocycles. The van der Waals surface area contributed by atoms with Gasteiger partial charge in [0, 0.05) is 39.3 Å². The number of anilines is 1. The van der Waals surface area contributed by atoms with Gasteiger partial charge in [0.05, 0.1) is 5.69 Å². The Morgan fingerprint density at radius 3 is 2.24 bits per heavy atom. The van der Waals surface area contributed by atoms with E-state index < -0.39 is 0 Å². The Labute approximate surface area is 147 Å². The number of urea groups is 1. The van der Waals surface area contributed by atoms with Crippen LogP contribution in [-0.4, -0.2) is 75.3 Å². The zero-order valence-electron chi connectivity index (χ0n) is 14.3. The number of carbonyl (C=O) groups is 1. The average molecular weight is 341 g/mol. The summed E-state index contributed by atoms with van der Waals surface area (Å²) in [5.74, 6) is 0.733. The lowest BCUT2D eigenvalue weighted by Crippen LogP contribution is -2.54. The first kappa shape index (κ1) is 15.9. The molecule has 2 aromatic rings. The molecule has 3 heterocycles. The molecule has 1 aromatic heterocycles. The highest BCUT2D eigenvalue weighted by molar-refractivity contribution is 5.75. The number of tetrazole rings is 1. The fourth-order valence-corrected chi connectivity index (χ4v) is 3.50. The van der Waals surface area contributed by atoms with Gasteiger partial charge < -0.3 is 14.7 Å². The number of amides is 2. The number of likely N-dealkylation sites (tertiary alicyclic amines) is 1. The fraction of sp³-hybridized carbons (Fsp3) is 0.529. The van der Waals surface area contributed by atoms with Crippen molar-refractivity contribution in [3.05, 3.63) is 30.3 Å². The van der Waals surface area contributed by atoms with E-state index in [4.69, 9.17) is 0 Å². The van der Waals surface area contributed by atoms with Gasteiger partial charge in [-0.15, -0.1) is 0 Å². The van der Waals surface area contributed by atoms with Gasteiger partial charge in [0.15, 0.2) is 0 Å². The maximum absolute atomic E-state index is 12.6. The minimum atomic E-state index is 0.182. The van der Waals surface area contributed by atoms with E-state index in [1.165, 1.54) is 6.42 Å². The molecular weight excluding hydrogens is 318 g/mol. The third-order valence-electron chi connectivity index (χ3n) is 4.91. The SMILES string of the molecule is O=C(N1CCCCC1)N1CCN(c2nnnn2-c2ccccc2)CC1. The van der Waals surface area contributed by atoms with Crippen LogP contribution < -0.4 is 4.90 Å². The highest BCUT2D eigenvalue weighted by Crippen LogP contribution is 2.18. The first-order valence-corrected chi connectivity index (χ1v) is 8.95. The van der Waals surface area contributed by atoms with Gasteiger partial charge in [0.25, 0.3) is 0 Å². The number of piperazine rings is 1. The number of benzene rings is 1. The molecule has 4 rings (SSSR count). The van der Waals surface area contributed by atoms with Gasteiger partial charge in [-0.1, -0.05) is 23.3 Å². The van der Waals surface area contributed by atoms with Crippen molar-refractivity contribution in [3.63, 3.8) is 0 Å². The smallest absolute Gasteiger partial charge is 0.320 e. The summed E-state index contributed by atoms with van der Waals surface area (Å²) in [7, 11) is 0. The van der Waals surface area contributed by atoms with E-state index in [9.17, 15) is 4.79 Å². The topological polar surface area (TPSA) is 70.4 Å². The highest BCUT2D eigenvalue weighted by atomic mass is 16.2. The van der Waals surface area contributed by atoms with Crippen molar-refractivity contribution >= 4 is 12.0 Å². The molecule has 2 fully saturated rings. The second kappa shape index (κ2) is 7.08. The molecular formula is C17H23N7O. The summed E-state index contributed by atoms with van der Waals surface area (Å²) >= 11 is 0. The van der Waals surface area contributed by atoms with Gasteiger partial charge in [-0.25, -0.2) is 4.79 Å². The van der Waals surface area contributed by atoms with Crippen molar-refractivity contribution in [2.24, 2.45) is 0 Å². The van der Waals surface area contributed by atoms with Gasteiger partial charge in [0.2, 0.25) is 5.95 Å². The third-order valence-corrected chi connectivity index (χ3v) is 4.91. The molecule has 2 amide bonds. The first-order valence-electron chi connectivity index (χ1n) is 8.95. The molecule has 0 unspecified atom stereocenters. The Morgan fingerprint density at radius 1 is 0.840 bits per heavy atom. The van der Waals surface area contributed by atoms with Crippen LogP contribution in [0.5, 0.6) is 0 Å². The van der Waals surface area contributed by atoms with Gasteiger partial charge in [0.1, 0.15) is 0 Å². The summed E-state index contributed by atoms with van der Waals surface area (Å²) in [6.45, 7) is 4.68. The van der Waals surface area contributed by atoms with Crippen LogP contribution in [0.4, 0.5) is 10.7 Å². The summed E-state index contributed by atoms with van der Waals surface area (Å²) in [6, 6.07) is 10.1. The second-order valence-corrected chi connectivity index (χ2v) is 6.53. The van der Waals surface area contributed by atoms with Crippen LogP contribution in [0.2, 0.25) is 0 Å². The van der Waals surface area contributed by atoms with Gasteiger partial charge in [-0.2, -0.15) is 4.68 Å².